The molecule has 0 rings (SSSR count). The van der Waals surface area contributed by atoms with Crippen molar-refractivity contribution in [2.45, 2.75) is 17.8 Å². The molecule has 0 aromatic heterocycles. The zero-order valence-corrected chi connectivity index (χ0v) is 7.80. The van der Waals surface area contributed by atoms with Crippen LogP contribution in [-0.4, -0.2) is 10.4 Å². The van der Waals surface area contributed by atoms with Crippen molar-refractivity contribution in [3.63, 3.8) is 0 Å². The highest BCUT2D eigenvalue weighted by Crippen LogP contribution is 2.20. The first-order chi connectivity index (χ1) is 4.89. The summed E-state index contributed by atoms with van der Waals surface area (Å²) in [4.78, 5) is 10.9. The molecule has 0 heterocycles. The molecular formula is C7H10Cl2NO. The van der Waals surface area contributed by atoms with E-state index in [1.165, 1.54) is 0 Å². The van der Waals surface area contributed by atoms with Crippen molar-refractivity contribution < 1.29 is 4.79 Å². The van der Waals surface area contributed by atoms with E-state index in [-0.39, 0.29) is 12.3 Å². The van der Waals surface area contributed by atoms with Crippen molar-refractivity contribution >= 4 is 29.1 Å². The van der Waals surface area contributed by atoms with Gasteiger partial charge in [0.15, 0.2) is 4.46 Å². The lowest BCUT2D eigenvalue weighted by Gasteiger charge is -2.18. The number of carbonyl (C=O) groups excluding carboxylic acids is 1. The fourth-order valence-corrected chi connectivity index (χ4v) is 0.507. The largest absolute Gasteiger partial charge is 0.321 e. The maximum absolute atomic E-state index is 10.9. The van der Waals surface area contributed by atoms with Crippen LogP contribution in [0.15, 0.2) is 12.2 Å². The summed E-state index contributed by atoms with van der Waals surface area (Å²) in [6.45, 7) is 8.46. The number of hydrogen-bond donors (Lipinski definition) is 1. The molecule has 0 saturated carbocycles. The van der Waals surface area contributed by atoms with Gasteiger partial charge in [0.25, 0.3) is 0 Å². The van der Waals surface area contributed by atoms with Gasteiger partial charge in [0.2, 0.25) is 5.91 Å². The average molecular weight is 195 g/mol. The van der Waals surface area contributed by atoms with Crippen LogP contribution in [0.3, 0.4) is 0 Å². The molecule has 0 unspecified atom stereocenters. The molecule has 0 aliphatic rings. The Morgan fingerprint density at radius 1 is 1.64 bits per heavy atom. The number of alkyl halides is 2. The van der Waals surface area contributed by atoms with E-state index in [2.05, 4.69) is 18.8 Å². The van der Waals surface area contributed by atoms with E-state index in [0.717, 1.165) is 0 Å². The van der Waals surface area contributed by atoms with Gasteiger partial charge in [-0.25, -0.2) is 0 Å². The van der Waals surface area contributed by atoms with E-state index >= 15 is 0 Å². The molecule has 0 bridgehead atoms. The molecule has 2 nitrogen and oxygen atoms in total. The van der Waals surface area contributed by atoms with Crippen LogP contribution in [0.2, 0.25) is 0 Å². The lowest BCUT2D eigenvalue weighted by Crippen LogP contribution is -2.38. The predicted molar refractivity (Wildman–Crippen MR) is 47.4 cm³/mol. The Balaban J connectivity index is 4.04. The predicted octanol–water partition coefficient (Wildman–Crippen LogP) is 2.03. The van der Waals surface area contributed by atoms with Gasteiger partial charge < -0.3 is 5.32 Å². The normalized spacial score (nSPS) is 10.9. The SMILES string of the molecule is [CH2]CC(Cl)(Cl)NC(=O)C(=C)C. The third-order valence-electron chi connectivity index (χ3n) is 0.998. The second kappa shape index (κ2) is 3.98. The van der Waals surface area contributed by atoms with Gasteiger partial charge in [0.1, 0.15) is 0 Å². The van der Waals surface area contributed by atoms with Gasteiger partial charge in [-0.3, -0.25) is 4.79 Å². The van der Waals surface area contributed by atoms with E-state index < -0.39 is 4.46 Å². The van der Waals surface area contributed by atoms with Gasteiger partial charge in [-0.1, -0.05) is 29.8 Å². The van der Waals surface area contributed by atoms with Gasteiger partial charge in [-0.2, -0.15) is 0 Å². The third-order valence-corrected chi connectivity index (χ3v) is 1.56. The minimum atomic E-state index is -1.28. The zero-order chi connectivity index (χ0) is 9.07. The highest BCUT2D eigenvalue weighted by Gasteiger charge is 2.23. The molecule has 0 atom stereocenters. The van der Waals surface area contributed by atoms with Crippen molar-refractivity contribution in [3.05, 3.63) is 19.1 Å². The van der Waals surface area contributed by atoms with Crippen molar-refractivity contribution in [2.75, 3.05) is 0 Å². The summed E-state index contributed by atoms with van der Waals surface area (Å²) in [7, 11) is 0. The van der Waals surface area contributed by atoms with E-state index in [0.29, 0.717) is 5.57 Å². The maximum atomic E-state index is 10.9. The fourth-order valence-electron chi connectivity index (χ4n) is 0.335. The molecule has 0 saturated heterocycles. The number of rotatable bonds is 3. The van der Waals surface area contributed by atoms with Crippen LogP contribution in [0.4, 0.5) is 0 Å². The van der Waals surface area contributed by atoms with Gasteiger partial charge in [-0.15, -0.1) is 0 Å². The molecule has 1 radical (unpaired) electrons. The van der Waals surface area contributed by atoms with E-state index in [1.807, 2.05) is 0 Å². The van der Waals surface area contributed by atoms with Crippen molar-refractivity contribution in [3.8, 4) is 0 Å². The van der Waals surface area contributed by atoms with Crippen molar-refractivity contribution in [1.29, 1.82) is 0 Å². The van der Waals surface area contributed by atoms with Gasteiger partial charge in [0, 0.05) is 5.57 Å². The molecule has 0 aromatic rings. The Hall–Kier alpha value is -0.210. The second-order valence-electron chi connectivity index (χ2n) is 2.19. The molecule has 1 N–H and O–H groups in total. The van der Waals surface area contributed by atoms with E-state index in [4.69, 9.17) is 23.2 Å². The third kappa shape index (κ3) is 4.27. The van der Waals surface area contributed by atoms with Crippen LogP contribution in [0.1, 0.15) is 13.3 Å². The standard InChI is InChI=1S/C7H10Cl2NO/c1-4-7(8,9)10-6(11)5(2)3/h1-2,4H2,3H3,(H,10,11). The second-order valence-corrected chi connectivity index (χ2v) is 3.67. The molecule has 0 aromatic carbocycles. The quantitative estimate of drug-likeness (QED) is 0.416. The van der Waals surface area contributed by atoms with Crippen LogP contribution in [-0.2, 0) is 4.79 Å². The van der Waals surface area contributed by atoms with Crippen LogP contribution in [0.25, 0.3) is 0 Å². The Labute approximate surface area is 76.6 Å². The summed E-state index contributed by atoms with van der Waals surface area (Å²) >= 11 is 11.2. The topological polar surface area (TPSA) is 29.1 Å². The van der Waals surface area contributed by atoms with Gasteiger partial charge in [-0.05, 0) is 20.3 Å². The Kier molecular flexibility index (Phi) is 3.90. The summed E-state index contributed by atoms with van der Waals surface area (Å²) in [6, 6.07) is 0. The highest BCUT2D eigenvalue weighted by molar-refractivity contribution is 6.48. The smallest absolute Gasteiger partial charge is 0.248 e. The summed E-state index contributed by atoms with van der Waals surface area (Å²) in [5, 5.41) is 2.34. The minimum Gasteiger partial charge on any atom is -0.321 e. The first-order valence-corrected chi connectivity index (χ1v) is 3.80. The molecule has 4 heteroatoms. The molecule has 0 spiro atoms. The lowest BCUT2D eigenvalue weighted by molar-refractivity contribution is -0.117. The molecule has 1 amide bonds. The lowest BCUT2D eigenvalue weighted by atomic mass is 10.3. The summed E-state index contributed by atoms with van der Waals surface area (Å²) < 4.78 is -1.28. The maximum Gasteiger partial charge on any atom is 0.248 e. The van der Waals surface area contributed by atoms with Crippen molar-refractivity contribution in [2.24, 2.45) is 0 Å². The summed E-state index contributed by atoms with van der Waals surface area (Å²) in [6.07, 6.45) is 0.204. The number of amides is 1. The van der Waals surface area contributed by atoms with E-state index in [9.17, 15) is 4.79 Å². The van der Waals surface area contributed by atoms with E-state index in [1.54, 1.807) is 6.92 Å². The summed E-state index contributed by atoms with van der Waals surface area (Å²) in [5.74, 6) is -0.362. The minimum absolute atomic E-state index is 0.204. The molecule has 11 heavy (non-hydrogen) atoms. The monoisotopic (exact) mass is 194 g/mol. The first-order valence-electron chi connectivity index (χ1n) is 3.04. The Morgan fingerprint density at radius 2 is 2.09 bits per heavy atom. The Morgan fingerprint density at radius 3 is 2.36 bits per heavy atom. The van der Waals surface area contributed by atoms with Crippen LogP contribution >= 0.6 is 23.2 Å². The zero-order valence-electron chi connectivity index (χ0n) is 6.29. The molecular weight excluding hydrogens is 185 g/mol. The number of carbonyl (C=O) groups is 1. The molecule has 0 aliphatic carbocycles. The highest BCUT2D eigenvalue weighted by atomic mass is 35.5. The Bertz CT molecular complexity index is 177. The van der Waals surface area contributed by atoms with Gasteiger partial charge >= 0.3 is 0 Å². The number of hydrogen-bond acceptors (Lipinski definition) is 1. The van der Waals surface area contributed by atoms with Crippen LogP contribution in [0, 0.1) is 6.92 Å². The number of halogens is 2. The number of nitrogens with one attached hydrogen (secondary N) is 1. The molecule has 0 fully saturated rings. The molecule has 63 valence electrons. The molecule has 0 aliphatic heterocycles. The first kappa shape index (κ1) is 10.8. The average Bonchev–Trinajstić information content (AvgIpc) is 1.87. The van der Waals surface area contributed by atoms with Crippen LogP contribution in [0.5, 0.6) is 0 Å². The van der Waals surface area contributed by atoms with Crippen LogP contribution < -0.4 is 5.32 Å². The fraction of sp³-hybridized carbons (Fsp3) is 0.429. The van der Waals surface area contributed by atoms with Gasteiger partial charge in [0.05, 0.1) is 0 Å². The summed E-state index contributed by atoms with van der Waals surface area (Å²) in [5.41, 5.74) is 0.365. The van der Waals surface area contributed by atoms with Crippen molar-refractivity contribution in [1.82, 2.24) is 5.32 Å².